The van der Waals surface area contributed by atoms with Gasteiger partial charge in [0.15, 0.2) is 0 Å². The second-order valence-electron chi connectivity index (χ2n) is 3.35. The van der Waals surface area contributed by atoms with Gasteiger partial charge in [0.1, 0.15) is 6.04 Å². The molecule has 0 aliphatic rings. The van der Waals surface area contributed by atoms with Crippen molar-refractivity contribution < 1.29 is 27.9 Å². The average molecular weight is 273 g/mol. The molecule has 1 atom stereocenters. The number of amides is 1. The molecule has 0 aliphatic heterocycles. The molecule has 0 spiro atoms. The van der Waals surface area contributed by atoms with Crippen LogP contribution in [0.2, 0.25) is 0 Å². The minimum atomic E-state index is -4.41. The highest BCUT2D eigenvalue weighted by atomic mass is 32.2. The van der Waals surface area contributed by atoms with Gasteiger partial charge in [-0.1, -0.05) is 0 Å². The van der Waals surface area contributed by atoms with E-state index in [0.717, 1.165) is 0 Å². The molecule has 0 aliphatic carbocycles. The Labute approximate surface area is 101 Å². The third-order valence-corrected chi connectivity index (χ3v) is 2.52. The summed E-state index contributed by atoms with van der Waals surface area (Å²) in [5.74, 6) is -1.62. The van der Waals surface area contributed by atoms with Crippen molar-refractivity contribution in [2.75, 3.05) is 12.0 Å². The molecule has 0 aromatic rings. The maximum Gasteiger partial charge on any atom is 0.389 e. The first-order valence-electron chi connectivity index (χ1n) is 4.84. The van der Waals surface area contributed by atoms with E-state index in [4.69, 9.17) is 5.11 Å². The normalized spacial score (nSPS) is 13.2. The van der Waals surface area contributed by atoms with E-state index in [1.165, 1.54) is 11.8 Å². The predicted molar refractivity (Wildman–Crippen MR) is 57.9 cm³/mol. The first-order valence-corrected chi connectivity index (χ1v) is 6.23. The maximum absolute atomic E-state index is 11.8. The van der Waals surface area contributed by atoms with Gasteiger partial charge in [-0.3, -0.25) is 4.79 Å². The number of nitrogens with one attached hydrogen (secondary N) is 1. The molecular formula is C9H14F3NO3S. The molecule has 100 valence electrons. The highest BCUT2D eigenvalue weighted by molar-refractivity contribution is 7.98. The summed E-state index contributed by atoms with van der Waals surface area (Å²) in [5.41, 5.74) is 0. The molecule has 0 rings (SSSR count). The summed E-state index contributed by atoms with van der Waals surface area (Å²) in [7, 11) is 0. The van der Waals surface area contributed by atoms with Crippen molar-refractivity contribution in [2.24, 2.45) is 0 Å². The van der Waals surface area contributed by atoms with Crippen LogP contribution in [0.5, 0.6) is 0 Å². The van der Waals surface area contributed by atoms with Crippen LogP contribution in [0.4, 0.5) is 13.2 Å². The third kappa shape index (κ3) is 8.84. The highest BCUT2D eigenvalue weighted by Gasteiger charge is 2.29. The van der Waals surface area contributed by atoms with E-state index in [9.17, 15) is 22.8 Å². The predicted octanol–water partition coefficient (Wildman–Crippen LogP) is 1.65. The number of hydrogen-bond acceptors (Lipinski definition) is 3. The van der Waals surface area contributed by atoms with E-state index in [1.54, 1.807) is 6.26 Å². The van der Waals surface area contributed by atoms with Gasteiger partial charge in [0, 0.05) is 6.42 Å². The summed E-state index contributed by atoms with van der Waals surface area (Å²) < 4.78 is 35.4. The molecule has 0 fully saturated rings. The zero-order valence-corrected chi connectivity index (χ0v) is 10.0. The van der Waals surface area contributed by atoms with E-state index < -0.39 is 36.9 Å². The Bertz CT molecular complexity index is 271. The van der Waals surface area contributed by atoms with Crippen molar-refractivity contribution in [3.63, 3.8) is 0 Å². The Kier molecular flexibility index (Phi) is 7.01. The summed E-state index contributed by atoms with van der Waals surface area (Å²) in [6.45, 7) is 0. The van der Waals surface area contributed by atoms with Gasteiger partial charge in [0.2, 0.25) is 5.91 Å². The fourth-order valence-electron chi connectivity index (χ4n) is 1.01. The van der Waals surface area contributed by atoms with Crippen molar-refractivity contribution in [1.29, 1.82) is 0 Å². The van der Waals surface area contributed by atoms with Gasteiger partial charge >= 0.3 is 12.1 Å². The first kappa shape index (κ1) is 16.1. The van der Waals surface area contributed by atoms with Gasteiger partial charge in [-0.25, -0.2) is 4.79 Å². The summed E-state index contributed by atoms with van der Waals surface area (Å²) in [6.07, 6.45) is -4.44. The molecule has 17 heavy (non-hydrogen) atoms. The van der Waals surface area contributed by atoms with E-state index in [1.807, 2.05) is 0 Å². The molecule has 2 N–H and O–H groups in total. The maximum atomic E-state index is 11.8. The Hall–Kier alpha value is -0.920. The molecule has 1 amide bonds. The van der Waals surface area contributed by atoms with Crippen molar-refractivity contribution in [2.45, 2.75) is 31.5 Å². The standard InChI is InChI=1S/C9H14F3NO3S/c1-17-5-3-6(8(15)16)13-7(14)2-4-9(10,11)12/h6H,2-5H2,1H3,(H,13,14)(H,15,16). The second kappa shape index (κ2) is 7.41. The zero-order chi connectivity index (χ0) is 13.5. The van der Waals surface area contributed by atoms with Crippen LogP contribution in [-0.4, -0.2) is 41.2 Å². The van der Waals surface area contributed by atoms with Crippen molar-refractivity contribution in [1.82, 2.24) is 5.32 Å². The van der Waals surface area contributed by atoms with Crippen molar-refractivity contribution in [3.05, 3.63) is 0 Å². The van der Waals surface area contributed by atoms with Crippen LogP contribution >= 0.6 is 11.8 Å². The van der Waals surface area contributed by atoms with Gasteiger partial charge in [0.05, 0.1) is 6.42 Å². The number of alkyl halides is 3. The number of carboxylic acids is 1. The summed E-state index contributed by atoms with van der Waals surface area (Å²) in [4.78, 5) is 21.8. The van der Waals surface area contributed by atoms with Crippen LogP contribution in [0, 0.1) is 0 Å². The number of halogens is 3. The van der Waals surface area contributed by atoms with Crippen molar-refractivity contribution >= 4 is 23.6 Å². The van der Waals surface area contributed by atoms with Crippen LogP contribution in [0.25, 0.3) is 0 Å². The Morgan fingerprint density at radius 3 is 2.41 bits per heavy atom. The minimum Gasteiger partial charge on any atom is -0.480 e. The molecule has 0 heterocycles. The molecule has 0 radical (unpaired) electrons. The molecule has 8 heteroatoms. The highest BCUT2D eigenvalue weighted by Crippen LogP contribution is 2.21. The topological polar surface area (TPSA) is 66.4 Å². The molecule has 0 aromatic carbocycles. The number of aliphatic carboxylic acids is 1. The second-order valence-corrected chi connectivity index (χ2v) is 4.34. The van der Waals surface area contributed by atoms with E-state index in [2.05, 4.69) is 5.32 Å². The quantitative estimate of drug-likeness (QED) is 0.740. The van der Waals surface area contributed by atoms with Crippen LogP contribution < -0.4 is 5.32 Å². The van der Waals surface area contributed by atoms with Crippen LogP contribution in [-0.2, 0) is 9.59 Å². The van der Waals surface area contributed by atoms with Gasteiger partial charge in [-0.05, 0) is 18.4 Å². The lowest BCUT2D eigenvalue weighted by atomic mass is 10.2. The number of carbonyl (C=O) groups excluding carboxylic acids is 1. The number of hydrogen-bond donors (Lipinski definition) is 2. The number of thioether (sulfide) groups is 1. The average Bonchev–Trinajstić information content (AvgIpc) is 2.19. The Balaban J connectivity index is 4.08. The van der Waals surface area contributed by atoms with Gasteiger partial charge in [-0.2, -0.15) is 24.9 Å². The van der Waals surface area contributed by atoms with Gasteiger partial charge in [0.25, 0.3) is 0 Å². The lowest BCUT2D eigenvalue weighted by molar-refractivity contribution is -0.146. The Morgan fingerprint density at radius 2 is 2.00 bits per heavy atom. The van der Waals surface area contributed by atoms with Gasteiger partial charge in [-0.15, -0.1) is 0 Å². The fraction of sp³-hybridized carbons (Fsp3) is 0.778. The monoisotopic (exact) mass is 273 g/mol. The lowest BCUT2D eigenvalue weighted by Gasteiger charge is -2.14. The molecule has 0 saturated heterocycles. The molecule has 4 nitrogen and oxygen atoms in total. The minimum absolute atomic E-state index is 0.189. The summed E-state index contributed by atoms with van der Waals surface area (Å²) in [5, 5.41) is 10.8. The SMILES string of the molecule is CSCCC(NC(=O)CCC(F)(F)F)C(=O)O. The molecule has 0 bridgehead atoms. The number of carboxylic acid groups (broad SMARTS) is 1. The van der Waals surface area contributed by atoms with Crippen LogP contribution in [0.3, 0.4) is 0 Å². The van der Waals surface area contributed by atoms with E-state index in [-0.39, 0.29) is 6.42 Å². The van der Waals surface area contributed by atoms with E-state index in [0.29, 0.717) is 5.75 Å². The zero-order valence-electron chi connectivity index (χ0n) is 9.21. The summed E-state index contributed by atoms with van der Waals surface area (Å²) in [6, 6.07) is -1.12. The molecule has 0 saturated carbocycles. The van der Waals surface area contributed by atoms with Crippen LogP contribution in [0.15, 0.2) is 0 Å². The largest absolute Gasteiger partial charge is 0.480 e. The van der Waals surface area contributed by atoms with Crippen LogP contribution in [0.1, 0.15) is 19.3 Å². The first-order chi connectivity index (χ1) is 7.76. The lowest BCUT2D eigenvalue weighted by Crippen LogP contribution is -2.41. The molecular weight excluding hydrogens is 259 g/mol. The Morgan fingerprint density at radius 1 is 1.41 bits per heavy atom. The van der Waals surface area contributed by atoms with Gasteiger partial charge < -0.3 is 10.4 Å². The summed E-state index contributed by atoms with van der Waals surface area (Å²) >= 11 is 1.40. The third-order valence-electron chi connectivity index (χ3n) is 1.88. The molecule has 0 aromatic heterocycles. The molecule has 1 unspecified atom stereocenters. The fourth-order valence-corrected chi connectivity index (χ4v) is 1.49. The number of carbonyl (C=O) groups is 2. The number of rotatable bonds is 7. The van der Waals surface area contributed by atoms with Crippen molar-refractivity contribution in [3.8, 4) is 0 Å². The smallest absolute Gasteiger partial charge is 0.389 e. The van der Waals surface area contributed by atoms with E-state index >= 15 is 0 Å².